The topological polar surface area (TPSA) is 69.3 Å². The number of nitrogens with zero attached hydrogens (tertiary/aromatic N) is 2. The minimum Gasteiger partial charge on any atom is -0.497 e. The lowest BCUT2D eigenvalue weighted by Gasteiger charge is -2.06. The van der Waals surface area contributed by atoms with Gasteiger partial charge in [0.25, 0.3) is 0 Å². The molecule has 27 heavy (non-hydrogen) atoms. The molecule has 1 aromatic heterocycles. The number of thioether (sulfide) groups is 1. The summed E-state index contributed by atoms with van der Waals surface area (Å²) in [6.07, 6.45) is 0.891. The summed E-state index contributed by atoms with van der Waals surface area (Å²) in [7, 11) is 1.64. The van der Waals surface area contributed by atoms with Crippen molar-refractivity contribution in [1.82, 2.24) is 15.2 Å². The van der Waals surface area contributed by atoms with Crippen LogP contribution in [-0.4, -0.2) is 34.7 Å². The average molecular weight is 406 g/mol. The predicted octanol–water partition coefficient (Wildman–Crippen LogP) is 4.61. The molecular formula is C19H20ClN3O3S. The number of hydrogen-bond acceptors (Lipinski definition) is 6. The number of hydrogen-bond donors (Lipinski definition) is 1. The van der Waals surface area contributed by atoms with Crippen LogP contribution < -0.4 is 14.2 Å². The number of methoxy groups -OCH3 is 1. The summed E-state index contributed by atoms with van der Waals surface area (Å²) in [4.78, 5) is 4.41. The molecular weight excluding hydrogens is 386 g/mol. The normalized spacial score (nSPS) is 10.6. The zero-order valence-corrected chi connectivity index (χ0v) is 16.4. The molecule has 8 heteroatoms. The van der Waals surface area contributed by atoms with Crippen LogP contribution in [0.1, 0.15) is 12.2 Å². The maximum absolute atomic E-state index is 5.85. The van der Waals surface area contributed by atoms with Crippen LogP contribution in [0.25, 0.3) is 0 Å². The Hall–Kier alpha value is -2.38. The summed E-state index contributed by atoms with van der Waals surface area (Å²) in [5.74, 6) is 3.94. The van der Waals surface area contributed by atoms with Gasteiger partial charge >= 0.3 is 0 Å². The first kappa shape index (κ1) is 19.4. The molecule has 142 valence electrons. The molecule has 1 N–H and O–H groups in total. The highest BCUT2D eigenvalue weighted by atomic mass is 35.5. The van der Waals surface area contributed by atoms with E-state index in [1.54, 1.807) is 31.0 Å². The highest BCUT2D eigenvalue weighted by Crippen LogP contribution is 2.19. The van der Waals surface area contributed by atoms with E-state index in [4.69, 9.17) is 25.8 Å². The number of aromatic amines is 1. The van der Waals surface area contributed by atoms with Gasteiger partial charge in [-0.15, -0.1) is 5.10 Å². The summed E-state index contributed by atoms with van der Waals surface area (Å²) in [6.45, 7) is 0.964. The Morgan fingerprint density at radius 3 is 2.37 bits per heavy atom. The van der Waals surface area contributed by atoms with E-state index in [0.717, 1.165) is 29.4 Å². The second kappa shape index (κ2) is 10.1. The lowest BCUT2D eigenvalue weighted by atomic mass is 10.3. The fraction of sp³-hybridized carbons (Fsp3) is 0.263. The SMILES string of the molecule is COc1ccc(OCCCSc2n[nH]c(COc3ccc(Cl)cc3)n2)cc1. The van der Waals surface area contributed by atoms with E-state index < -0.39 is 0 Å². The molecule has 6 nitrogen and oxygen atoms in total. The minimum atomic E-state index is 0.329. The molecule has 0 radical (unpaired) electrons. The van der Waals surface area contributed by atoms with E-state index >= 15 is 0 Å². The van der Waals surface area contributed by atoms with Crippen LogP contribution in [0.4, 0.5) is 0 Å². The van der Waals surface area contributed by atoms with E-state index in [1.165, 1.54) is 0 Å². The van der Waals surface area contributed by atoms with Gasteiger partial charge < -0.3 is 14.2 Å². The molecule has 0 aliphatic heterocycles. The molecule has 0 saturated heterocycles. The monoisotopic (exact) mass is 405 g/mol. The van der Waals surface area contributed by atoms with Crippen molar-refractivity contribution in [3.05, 3.63) is 59.4 Å². The Kier molecular flexibility index (Phi) is 7.24. The van der Waals surface area contributed by atoms with Crippen LogP contribution in [0, 0.1) is 0 Å². The van der Waals surface area contributed by atoms with Crippen molar-refractivity contribution >= 4 is 23.4 Å². The minimum absolute atomic E-state index is 0.329. The van der Waals surface area contributed by atoms with Gasteiger partial charge in [-0.25, -0.2) is 4.98 Å². The molecule has 0 spiro atoms. The van der Waals surface area contributed by atoms with Crippen molar-refractivity contribution < 1.29 is 14.2 Å². The summed E-state index contributed by atoms with van der Waals surface area (Å²) in [5, 5.41) is 8.46. The fourth-order valence-electron chi connectivity index (χ4n) is 2.17. The molecule has 0 atom stereocenters. The smallest absolute Gasteiger partial charge is 0.208 e. The maximum atomic E-state index is 5.85. The van der Waals surface area contributed by atoms with Gasteiger partial charge in [0.1, 0.15) is 23.9 Å². The van der Waals surface area contributed by atoms with Gasteiger partial charge in [0, 0.05) is 10.8 Å². The third kappa shape index (κ3) is 6.37. The number of nitrogens with one attached hydrogen (secondary N) is 1. The van der Waals surface area contributed by atoms with Crippen molar-refractivity contribution in [2.45, 2.75) is 18.2 Å². The first-order chi connectivity index (χ1) is 13.2. The van der Waals surface area contributed by atoms with Crippen LogP contribution >= 0.6 is 23.4 Å². The third-order valence-electron chi connectivity index (χ3n) is 3.55. The molecule has 0 aliphatic carbocycles. The first-order valence-electron chi connectivity index (χ1n) is 8.42. The highest BCUT2D eigenvalue weighted by molar-refractivity contribution is 7.99. The van der Waals surface area contributed by atoms with Gasteiger partial charge in [-0.05, 0) is 55.0 Å². The predicted molar refractivity (Wildman–Crippen MR) is 106 cm³/mol. The van der Waals surface area contributed by atoms with Gasteiger partial charge in [0.15, 0.2) is 5.82 Å². The molecule has 0 fully saturated rings. The molecule has 2 aromatic carbocycles. The highest BCUT2D eigenvalue weighted by Gasteiger charge is 2.05. The largest absolute Gasteiger partial charge is 0.497 e. The number of halogens is 1. The van der Waals surface area contributed by atoms with E-state index in [1.807, 2.05) is 36.4 Å². The lowest BCUT2D eigenvalue weighted by molar-refractivity contribution is 0.296. The van der Waals surface area contributed by atoms with Crippen molar-refractivity contribution in [3.8, 4) is 17.2 Å². The van der Waals surface area contributed by atoms with Crippen LogP contribution in [0.15, 0.2) is 53.7 Å². The van der Waals surface area contributed by atoms with Gasteiger partial charge in [-0.2, -0.15) is 0 Å². The second-order valence-electron chi connectivity index (χ2n) is 5.53. The van der Waals surface area contributed by atoms with Crippen LogP contribution in [-0.2, 0) is 6.61 Å². The van der Waals surface area contributed by atoms with E-state index in [2.05, 4.69) is 15.2 Å². The standard InChI is InChI=1S/C19H20ClN3O3S/c1-24-15-7-9-16(10-8-15)25-11-2-12-27-19-21-18(22-23-19)13-26-17-5-3-14(20)4-6-17/h3-10H,2,11-13H2,1H3,(H,21,22,23). The lowest BCUT2D eigenvalue weighted by Crippen LogP contribution is -1.99. The zero-order chi connectivity index (χ0) is 18.9. The van der Waals surface area contributed by atoms with Crippen molar-refractivity contribution in [2.75, 3.05) is 19.5 Å². The zero-order valence-electron chi connectivity index (χ0n) is 14.9. The summed E-state index contributed by atoms with van der Waals surface area (Å²) in [6, 6.07) is 14.8. The summed E-state index contributed by atoms with van der Waals surface area (Å²) in [5.41, 5.74) is 0. The Bertz CT molecular complexity index is 825. The van der Waals surface area contributed by atoms with Crippen molar-refractivity contribution in [2.24, 2.45) is 0 Å². The van der Waals surface area contributed by atoms with Gasteiger partial charge in [0.2, 0.25) is 5.16 Å². The Balaban J connectivity index is 1.33. The first-order valence-corrected chi connectivity index (χ1v) is 9.78. The third-order valence-corrected chi connectivity index (χ3v) is 4.73. The molecule has 3 aromatic rings. The molecule has 0 unspecified atom stereocenters. The number of benzene rings is 2. The maximum Gasteiger partial charge on any atom is 0.208 e. The fourth-order valence-corrected chi connectivity index (χ4v) is 3.03. The number of rotatable bonds is 10. The van der Waals surface area contributed by atoms with Crippen LogP contribution in [0.5, 0.6) is 17.2 Å². The molecule has 0 amide bonds. The van der Waals surface area contributed by atoms with Crippen molar-refractivity contribution in [3.63, 3.8) is 0 Å². The molecule has 0 bridgehead atoms. The van der Waals surface area contributed by atoms with Crippen LogP contribution in [0.2, 0.25) is 5.02 Å². The number of ether oxygens (including phenoxy) is 3. The molecule has 0 saturated carbocycles. The van der Waals surface area contributed by atoms with E-state index in [-0.39, 0.29) is 0 Å². The van der Waals surface area contributed by atoms with E-state index in [9.17, 15) is 0 Å². The molecule has 1 heterocycles. The molecule has 0 aliphatic rings. The van der Waals surface area contributed by atoms with Crippen LogP contribution in [0.3, 0.4) is 0 Å². The quantitative estimate of drug-likeness (QED) is 0.392. The number of aromatic nitrogens is 3. The Morgan fingerprint density at radius 2 is 1.63 bits per heavy atom. The van der Waals surface area contributed by atoms with Gasteiger partial charge in [0.05, 0.1) is 13.7 Å². The van der Waals surface area contributed by atoms with E-state index in [0.29, 0.717) is 29.2 Å². The Morgan fingerprint density at radius 1 is 0.963 bits per heavy atom. The molecule has 3 rings (SSSR count). The second-order valence-corrected chi connectivity index (χ2v) is 7.03. The van der Waals surface area contributed by atoms with Gasteiger partial charge in [-0.3, -0.25) is 5.10 Å². The van der Waals surface area contributed by atoms with Gasteiger partial charge in [-0.1, -0.05) is 23.4 Å². The summed E-state index contributed by atoms with van der Waals surface area (Å²) < 4.78 is 16.5. The van der Waals surface area contributed by atoms with Crippen molar-refractivity contribution in [1.29, 1.82) is 0 Å². The average Bonchev–Trinajstić information content (AvgIpc) is 3.15. The summed E-state index contributed by atoms with van der Waals surface area (Å²) >= 11 is 7.43. The Labute approximate surface area is 167 Å². The number of H-pyrrole nitrogens is 1.